The molecule has 17 heavy (non-hydrogen) atoms. The van der Waals surface area contributed by atoms with E-state index in [1.807, 2.05) is 0 Å². The monoisotopic (exact) mass is 237 g/mol. The van der Waals surface area contributed by atoms with Gasteiger partial charge in [0.25, 0.3) is 0 Å². The highest BCUT2D eigenvalue weighted by atomic mass is 15.3. The van der Waals surface area contributed by atoms with Gasteiger partial charge >= 0.3 is 0 Å². The molecule has 3 heterocycles. The molecule has 3 aliphatic heterocycles. The summed E-state index contributed by atoms with van der Waals surface area (Å²) < 4.78 is 0. The summed E-state index contributed by atoms with van der Waals surface area (Å²) in [6.45, 7) is 5.26. The van der Waals surface area contributed by atoms with E-state index in [0.717, 1.165) is 18.1 Å². The summed E-state index contributed by atoms with van der Waals surface area (Å²) in [5.41, 5.74) is 0. The van der Waals surface area contributed by atoms with Crippen LogP contribution in [0, 0.1) is 0 Å². The maximum Gasteiger partial charge on any atom is 0.0267 e. The average Bonchev–Trinajstić information content (AvgIpc) is 2.92. The van der Waals surface area contributed by atoms with Crippen molar-refractivity contribution in [2.24, 2.45) is 0 Å². The normalized spacial score (nSPS) is 39.7. The molecule has 0 aromatic carbocycles. The maximum absolute atomic E-state index is 3.40. The first-order chi connectivity index (χ1) is 8.40. The van der Waals surface area contributed by atoms with E-state index >= 15 is 0 Å². The van der Waals surface area contributed by atoms with Crippen LogP contribution in [-0.4, -0.2) is 61.2 Å². The Morgan fingerprint density at radius 2 is 1.88 bits per heavy atom. The van der Waals surface area contributed by atoms with Crippen molar-refractivity contribution in [1.29, 1.82) is 0 Å². The zero-order valence-corrected chi connectivity index (χ0v) is 11.2. The van der Waals surface area contributed by atoms with E-state index in [4.69, 9.17) is 0 Å². The SMILES string of the molecule is CNCC1CCCCN1C1CCN2CCCC12. The molecule has 0 radical (unpaired) electrons. The fourth-order valence-corrected chi connectivity index (χ4v) is 4.36. The Hall–Kier alpha value is -0.120. The molecule has 0 aromatic heterocycles. The molecular formula is C14H27N3. The fourth-order valence-electron chi connectivity index (χ4n) is 4.36. The lowest BCUT2D eigenvalue weighted by Gasteiger charge is -2.42. The highest BCUT2D eigenvalue weighted by Crippen LogP contribution is 2.34. The van der Waals surface area contributed by atoms with Gasteiger partial charge in [-0.25, -0.2) is 0 Å². The standard InChI is InChI=1S/C14H27N3/c1-15-11-12-5-2-3-9-17(12)14-7-10-16-8-4-6-13(14)16/h12-15H,2-11H2,1H3. The van der Waals surface area contributed by atoms with Gasteiger partial charge in [0, 0.05) is 31.2 Å². The molecule has 98 valence electrons. The van der Waals surface area contributed by atoms with Crippen LogP contribution in [0.5, 0.6) is 0 Å². The highest BCUT2D eigenvalue weighted by Gasteiger charge is 2.42. The summed E-state index contributed by atoms with van der Waals surface area (Å²) in [6.07, 6.45) is 8.57. The van der Waals surface area contributed by atoms with E-state index in [1.165, 1.54) is 64.7 Å². The van der Waals surface area contributed by atoms with Crippen LogP contribution in [-0.2, 0) is 0 Å². The molecule has 3 nitrogen and oxygen atoms in total. The van der Waals surface area contributed by atoms with E-state index < -0.39 is 0 Å². The van der Waals surface area contributed by atoms with Crippen molar-refractivity contribution in [2.45, 2.75) is 56.7 Å². The van der Waals surface area contributed by atoms with Crippen LogP contribution in [0.3, 0.4) is 0 Å². The number of nitrogens with one attached hydrogen (secondary N) is 1. The topological polar surface area (TPSA) is 18.5 Å². The Labute approximate surface area is 106 Å². The van der Waals surface area contributed by atoms with Gasteiger partial charge in [0.05, 0.1) is 0 Å². The highest BCUT2D eigenvalue weighted by molar-refractivity contribution is 4.99. The second-order valence-electron chi connectivity index (χ2n) is 6.05. The first-order valence-corrected chi connectivity index (χ1v) is 7.54. The Morgan fingerprint density at radius 3 is 2.76 bits per heavy atom. The van der Waals surface area contributed by atoms with Crippen LogP contribution < -0.4 is 5.32 Å². The first-order valence-electron chi connectivity index (χ1n) is 7.54. The molecule has 3 aliphatic rings. The number of nitrogens with zero attached hydrogens (tertiary/aromatic N) is 2. The number of fused-ring (bicyclic) bond motifs is 1. The number of hydrogen-bond acceptors (Lipinski definition) is 3. The maximum atomic E-state index is 3.40. The second-order valence-corrected chi connectivity index (χ2v) is 6.05. The number of likely N-dealkylation sites (tertiary alicyclic amines) is 1. The predicted molar refractivity (Wildman–Crippen MR) is 71.3 cm³/mol. The van der Waals surface area contributed by atoms with E-state index in [0.29, 0.717) is 0 Å². The van der Waals surface area contributed by atoms with Crippen LogP contribution in [0.15, 0.2) is 0 Å². The molecule has 3 fully saturated rings. The Balaban J connectivity index is 1.68. The molecule has 0 spiro atoms. The zero-order valence-electron chi connectivity index (χ0n) is 11.2. The van der Waals surface area contributed by atoms with E-state index in [-0.39, 0.29) is 0 Å². The summed E-state index contributed by atoms with van der Waals surface area (Å²) in [7, 11) is 2.10. The molecule has 0 aliphatic carbocycles. The van der Waals surface area contributed by atoms with Gasteiger partial charge in [-0.15, -0.1) is 0 Å². The molecule has 0 amide bonds. The molecule has 0 bridgehead atoms. The largest absolute Gasteiger partial charge is 0.318 e. The predicted octanol–water partition coefficient (Wildman–Crippen LogP) is 1.30. The second kappa shape index (κ2) is 5.25. The number of rotatable bonds is 3. The van der Waals surface area contributed by atoms with Gasteiger partial charge in [0.15, 0.2) is 0 Å². The van der Waals surface area contributed by atoms with Gasteiger partial charge in [-0.1, -0.05) is 6.42 Å². The number of piperidine rings is 1. The third-order valence-corrected chi connectivity index (χ3v) is 5.11. The third kappa shape index (κ3) is 2.25. The quantitative estimate of drug-likeness (QED) is 0.798. The minimum Gasteiger partial charge on any atom is -0.318 e. The van der Waals surface area contributed by atoms with Crippen LogP contribution in [0.2, 0.25) is 0 Å². The van der Waals surface area contributed by atoms with E-state index in [1.54, 1.807) is 0 Å². The van der Waals surface area contributed by atoms with E-state index in [9.17, 15) is 0 Å². The molecule has 3 atom stereocenters. The zero-order chi connectivity index (χ0) is 11.7. The van der Waals surface area contributed by atoms with Gasteiger partial charge in [-0.05, 0) is 52.2 Å². The molecule has 0 saturated carbocycles. The lowest BCUT2D eigenvalue weighted by molar-refractivity contribution is 0.0778. The van der Waals surface area contributed by atoms with Gasteiger partial charge in [0.1, 0.15) is 0 Å². The minimum atomic E-state index is 0.805. The van der Waals surface area contributed by atoms with Crippen molar-refractivity contribution in [3.63, 3.8) is 0 Å². The lowest BCUT2D eigenvalue weighted by atomic mass is 9.95. The van der Waals surface area contributed by atoms with Crippen molar-refractivity contribution in [1.82, 2.24) is 15.1 Å². The fraction of sp³-hybridized carbons (Fsp3) is 1.00. The molecule has 0 aromatic rings. The van der Waals surface area contributed by atoms with Gasteiger partial charge in [-0.2, -0.15) is 0 Å². The Bertz CT molecular complexity index is 254. The van der Waals surface area contributed by atoms with E-state index in [2.05, 4.69) is 22.2 Å². The first kappa shape index (κ1) is 11.9. The van der Waals surface area contributed by atoms with Crippen LogP contribution in [0.25, 0.3) is 0 Å². The summed E-state index contributed by atoms with van der Waals surface area (Å²) in [5.74, 6) is 0. The van der Waals surface area contributed by atoms with Crippen LogP contribution >= 0.6 is 0 Å². The molecule has 3 unspecified atom stereocenters. The number of likely N-dealkylation sites (N-methyl/N-ethyl adjacent to an activating group) is 1. The van der Waals surface area contributed by atoms with Crippen molar-refractivity contribution in [3.8, 4) is 0 Å². The molecular weight excluding hydrogens is 210 g/mol. The molecule has 3 heteroatoms. The van der Waals surface area contributed by atoms with Crippen molar-refractivity contribution < 1.29 is 0 Å². The van der Waals surface area contributed by atoms with Crippen molar-refractivity contribution in [2.75, 3.05) is 33.2 Å². The molecule has 1 N–H and O–H groups in total. The average molecular weight is 237 g/mol. The summed E-state index contributed by atoms with van der Waals surface area (Å²) in [6, 6.07) is 2.57. The molecule has 3 saturated heterocycles. The van der Waals surface area contributed by atoms with Crippen molar-refractivity contribution in [3.05, 3.63) is 0 Å². The van der Waals surface area contributed by atoms with Crippen LogP contribution in [0.1, 0.15) is 38.5 Å². The smallest absolute Gasteiger partial charge is 0.0267 e. The van der Waals surface area contributed by atoms with Gasteiger partial charge < -0.3 is 5.32 Å². The van der Waals surface area contributed by atoms with Gasteiger partial charge in [-0.3, -0.25) is 9.80 Å². The number of hydrogen-bond donors (Lipinski definition) is 1. The summed E-state index contributed by atoms with van der Waals surface area (Å²) in [5, 5.41) is 3.40. The third-order valence-electron chi connectivity index (χ3n) is 5.11. The van der Waals surface area contributed by atoms with Crippen molar-refractivity contribution >= 4 is 0 Å². The van der Waals surface area contributed by atoms with Gasteiger partial charge in [0.2, 0.25) is 0 Å². The summed E-state index contributed by atoms with van der Waals surface area (Å²) >= 11 is 0. The Kier molecular flexibility index (Phi) is 3.69. The van der Waals surface area contributed by atoms with Crippen LogP contribution in [0.4, 0.5) is 0 Å². The molecule has 3 rings (SSSR count). The summed E-state index contributed by atoms with van der Waals surface area (Å²) in [4.78, 5) is 5.60. The lowest BCUT2D eigenvalue weighted by Crippen LogP contribution is -2.53. The Morgan fingerprint density at radius 1 is 0.941 bits per heavy atom. The minimum absolute atomic E-state index is 0.805.